The number of aliphatic hydroxyl groups is 1. The van der Waals surface area contributed by atoms with Gasteiger partial charge in [-0.15, -0.1) is 11.3 Å². The Morgan fingerprint density at radius 3 is 2.63 bits per heavy atom. The molecule has 0 atom stereocenters. The first kappa shape index (κ1) is 19.3. The highest BCUT2D eigenvalue weighted by molar-refractivity contribution is 7.14. The molecule has 1 aliphatic rings. The lowest BCUT2D eigenvalue weighted by Crippen LogP contribution is -2.43. The first-order valence-electron chi connectivity index (χ1n) is 9.04. The molecule has 1 saturated heterocycles. The molecule has 27 heavy (non-hydrogen) atoms. The number of piperidine rings is 1. The van der Waals surface area contributed by atoms with E-state index in [1.807, 2.05) is 31.2 Å². The third kappa shape index (κ3) is 5.05. The highest BCUT2D eigenvalue weighted by atomic mass is 32.1. The van der Waals surface area contributed by atoms with E-state index in [4.69, 9.17) is 5.11 Å². The fraction of sp³-hybridized carbons (Fsp3) is 0.421. The number of hydrogen-bond acceptors (Lipinski definition) is 6. The van der Waals surface area contributed by atoms with Gasteiger partial charge in [0.1, 0.15) is 5.69 Å². The first-order chi connectivity index (χ1) is 13.1. The lowest BCUT2D eigenvalue weighted by atomic mass is 9.96. The van der Waals surface area contributed by atoms with Crippen molar-refractivity contribution in [1.29, 1.82) is 0 Å². The SMILES string of the molecule is Cc1ccc(Nc2nc(C(=O)N3CCC(C(=O)NCCO)CC3)cs2)cc1. The Hall–Kier alpha value is -2.45. The van der Waals surface area contributed by atoms with Crippen LogP contribution in [0.25, 0.3) is 0 Å². The van der Waals surface area contributed by atoms with Gasteiger partial charge >= 0.3 is 0 Å². The van der Waals surface area contributed by atoms with Crippen LogP contribution in [0, 0.1) is 12.8 Å². The van der Waals surface area contributed by atoms with Gasteiger partial charge in [0.15, 0.2) is 5.13 Å². The van der Waals surface area contributed by atoms with E-state index >= 15 is 0 Å². The summed E-state index contributed by atoms with van der Waals surface area (Å²) < 4.78 is 0. The van der Waals surface area contributed by atoms with Gasteiger partial charge in [-0.2, -0.15) is 0 Å². The molecule has 0 spiro atoms. The van der Waals surface area contributed by atoms with E-state index in [9.17, 15) is 9.59 Å². The van der Waals surface area contributed by atoms with Crippen molar-refractivity contribution in [3.63, 3.8) is 0 Å². The molecule has 0 aliphatic carbocycles. The molecule has 1 aromatic heterocycles. The zero-order valence-electron chi connectivity index (χ0n) is 15.3. The van der Waals surface area contributed by atoms with Crippen molar-refractivity contribution < 1.29 is 14.7 Å². The van der Waals surface area contributed by atoms with Crippen LogP contribution in [0.2, 0.25) is 0 Å². The van der Waals surface area contributed by atoms with Gasteiger partial charge in [-0.05, 0) is 31.9 Å². The van der Waals surface area contributed by atoms with Crippen LogP contribution in [-0.4, -0.2) is 53.0 Å². The second-order valence-corrected chi connectivity index (χ2v) is 7.47. The predicted molar refractivity (Wildman–Crippen MR) is 105 cm³/mol. The fourth-order valence-corrected chi connectivity index (χ4v) is 3.72. The lowest BCUT2D eigenvalue weighted by Gasteiger charge is -2.30. The topological polar surface area (TPSA) is 94.6 Å². The van der Waals surface area contributed by atoms with Crippen LogP contribution < -0.4 is 10.6 Å². The van der Waals surface area contributed by atoms with Crippen LogP contribution in [0.15, 0.2) is 29.6 Å². The van der Waals surface area contributed by atoms with Crippen LogP contribution in [-0.2, 0) is 4.79 Å². The van der Waals surface area contributed by atoms with E-state index in [0.29, 0.717) is 36.8 Å². The second kappa shape index (κ2) is 8.96. The van der Waals surface area contributed by atoms with Gasteiger partial charge in [0.05, 0.1) is 6.61 Å². The molecular weight excluding hydrogens is 364 g/mol. The van der Waals surface area contributed by atoms with Crippen LogP contribution in [0.1, 0.15) is 28.9 Å². The Kier molecular flexibility index (Phi) is 6.41. The Bertz CT molecular complexity index is 783. The third-order valence-electron chi connectivity index (χ3n) is 4.59. The van der Waals surface area contributed by atoms with Gasteiger partial charge < -0.3 is 20.6 Å². The van der Waals surface area contributed by atoms with Crippen LogP contribution in [0.4, 0.5) is 10.8 Å². The van der Waals surface area contributed by atoms with Gasteiger partial charge in [0, 0.05) is 36.6 Å². The summed E-state index contributed by atoms with van der Waals surface area (Å²) in [5.41, 5.74) is 2.55. The van der Waals surface area contributed by atoms with Crippen LogP contribution in [0.5, 0.6) is 0 Å². The van der Waals surface area contributed by atoms with E-state index in [2.05, 4.69) is 15.6 Å². The van der Waals surface area contributed by atoms with Gasteiger partial charge in [-0.3, -0.25) is 9.59 Å². The average Bonchev–Trinajstić information content (AvgIpc) is 3.16. The number of amides is 2. The van der Waals surface area contributed by atoms with Crippen molar-refractivity contribution in [2.75, 3.05) is 31.6 Å². The van der Waals surface area contributed by atoms with E-state index < -0.39 is 0 Å². The second-order valence-electron chi connectivity index (χ2n) is 6.61. The minimum Gasteiger partial charge on any atom is -0.395 e. The Morgan fingerprint density at radius 2 is 1.96 bits per heavy atom. The number of nitrogens with one attached hydrogen (secondary N) is 2. The summed E-state index contributed by atoms with van der Waals surface area (Å²) in [4.78, 5) is 30.8. The maximum atomic E-state index is 12.7. The van der Waals surface area contributed by atoms with Crippen molar-refractivity contribution in [2.45, 2.75) is 19.8 Å². The number of rotatable bonds is 6. The van der Waals surface area contributed by atoms with E-state index in [1.165, 1.54) is 16.9 Å². The summed E-state index contributed by atoms with van der Waals surface area (Å²) in [6, 6.07) is 7.99. The van der Waals surface area contributed by atoms with Gasteiger partial charge in [0.2, 0.25) is 5.91 Å². The van der Waals surface area contributed by atoms with Gasteiger partial charge in [-0.1, -0.05) is 17.7 Å². The predicted octanol–water partition coefficient (Wildman–Crippen LogP) is 2.16. The van der Waals surface area contributed by atoms with E-state index in [0.717, 1.165) is 5.69 Å². The summed E-state index contributed by atoms with van der Waals surface area (Å²) in [7, 11) is 0. The standard InChI is InChI=1S/C19H24N4O3S/c1-13-2-4-15(5-3-13)21-19-22-16(12-27-19)18(26)23-9-6-14(7-10-23)17(25)20-8-11-24/h2-5,12,14,24H,6-11H2,1H3,(H,20,25)(H,21,22). The zero-order chi connectivity index (χ0) is 19.2. The summed E-state index contributed by atoms with van der Waals surface area (Å²) in [5.74, 6) is -0.249. The molecule has 0 radical (unpaired) electrons. The molecule has 0 saturated carbocycles. The normalized spacial score (nSPS) is 14.8. The summed E-state index contributed by atoms with van der Waals surface area (Å²) in [6.07, 6.45) is 1.25. The van der Waals surface area contributed by atoms with Crippen molar-refractivity contribution in [2.24, 2.45) is 5.92 Å². The van der Waals surface area contributed by atoms with Crippen molar-refractivity contribution in [3.8, 4) is 0 Å². The number of aryl methyl sites for hydroxylation is 1. The summed E-state index contributed by atoms with van der Waals surface area (Å²) in [5, 5.41) is 17.1. The Morgan fingerprint density at radius 1 is 1.26 bits per heavy atom. The summed E-state index contributed by atoms with van der Waals surface area (Å²) in [6.45, 7) is 3.31. The number of hydrogen-bond donors (Lipinski definition) is 3. The zero-order valence-corrected chi connectivity index (χ0v) is 16.1. The third-order valence-corrected chi connectivity index (χ3v) is 5.35. The molecular formula is C19H24N4O3S. The minimum atomic E-state index is -0.102. The molecule has 2 amide bonds. The average molecular weight is 388 g/mol. The highest BCUT2D eigenvalue weighted by Crippen LogP contribution is 2.24. The maximum Gasteiger partial charge on any atom is 0.273 e. The molecule has 0 bridgehead atoms. The number of carbonyl (C=O) groups is 2. The number of likely N-dealkylation sites (tertiary alicyclic amines) is 1. The number of nitrogens with zero attached hydrogens (tertiary/aromatic N) is 2. The molecule has 2 aromatic rings. The van der Waals surface area contributed by atoms with Gasteiger partial charge in [-0.25, -0.2) is 4.98 Å². The van der Waals surface area contributed by atoms with Crippen LogP contribution >= 0.6 is 11.3 Å². The molecule has 0 unspecified atom stereocenters. The molecule has 1 aromatic carbocycles. The quantitative estimate of drug-likeness (QED) is 0.705. The number of aromatic nitrogens is 1. The van der Waals surface area contributed by atoms with Crippen molar-refractivity contribution >= 4 is 34.0 Å². The Balaban J connectivity index is 1.54. The van der Waals surface area contributed by atoms with Crippen molar-refractivity contribution in [3.05, 3.63) is 40.9 Å². The molecule has 1 fully saturated rings. The molecule has 144 valence electrons. The number of carbonyl (C=O) groups excluding carboxylic acids is 2. The number of thiazole rings is 1. The molecule has 3 rings (SSSR count). The molecule has 3 N–H and O–H groups in total. The number of anilines is 2. The summed E-state index contributed by atoms with van der Waals surface area (Å²) >= 11 is 1.40. The van der Waals surface area contributed by atoms with E-state index in [1.54, 1.807) is 10.3 Å². The smallest absolute Gasteiger partial charge is 0.273 e. The highest BCUT2D eigenvalue weighted by Gasteiger charge is 2.28. The monoisotopic (exact) mass is 388 g/mol. The maximum absolute atomic E-state index is 12.7. The van der Waals surface area contributed by atoms with Crippen LogP contribution in [0.3, 0.4) is 0 Å². The van der Waals surface area contributed by atoms with Crippen molar-refractivity contribution in [1.82, 2.24) is 15.2 Å². The van der Waals surface area contributed by atoms with Gasteiger partial charge in [0.25, 0.3) is 5.91 Å². The van der Waals surface area contributed by atoms with E-state index in [-0.39, 0.29) is 30.9 Å². The fourth-order valence-electron chi connectivity index (χ4n) is 3.02. The minimum absolute atomic E-state index is 0.0469. The molecule has 8 heteroatoms. The largest absolute Gasteiger partial charge is 0.395 e. The number of aliphatic hydroxyl groups excluding tert-OH is 1. The number of benzene rings is 1. The lowest BCUT2D eigenvalue weighted by molar-refractivity contribution is -0.126. The molecule has 1 aliphatic heterocycles. The Labute approximate surface area is 162 Å². The first-order valence-corrected chi connectivity index (χ1v) is 9.92. The molecule has 2 heterocycles. The molecule has 7 nitrogen and oxygen atoms in total.